The van der Waals surface area contributed by atoms with E-state index >= 15 is 0 Å². The fourth-order valence-corrected chi connectivity index (χ4v) is 3.39. The van der Waals surface area contributed by atoms with Crippen molar-refractivity contribution in [2.75, 3.05) is 6.54 Å². The van der Waals surface area contributed by atoms with Gasteiger partial charge in [-0.15, -0.1) is 0 Å². The van der Waals surface area contributed by atoms with E-state index in [4.69, 9.17) is 0 Å². The molecule has 1 atom stereocenters. The van der Waals surface area contributed by atoms with Crippen LogP contribution in [0.3, 0.4) is 0 Å². The average Bonchev–Trinajstić information content (AvgIpc) is 2.35. The molecule has 1 N–H and O–H groups in total. The van der Waals surface area contributed by atoms with Crippen molar-refractivity contribution >= 4 is 0 Å². The summed E-state index contributed by atoms with van der Waals surface area (Å²) in [5, 5.41) is 11.5. The Kier molecular flexibility index (Phi) is 3.13. The Morgan fingerprint density at radius 3 is 2.21 bits per heavy atom. The minimum Gasteiger partial charge on any atom is -0.314 e. The van der Waals surface area contributed by atoms with Crippen LogP contribution in [-0.2, 0) is 0 Å². The van der Waals surface area contributed by atoms with Gasteiger partial charge in [0.15, 0.2) is 0 Å². The van der Waals surface area contributed by atoms with Crippen molar-refractivity contribution in [1.82, 2.24) is 5.06 Å². The minimum atomic E-state index is 0.380. The number of hydrogen-bond donors (Lipinski definition) is 1. The molecular formula is C12H23NO. The molecule has 1 aliphatic heterocycles. The Labute approximate surface area is 87.3 Å². The van der Waals surface area contributed by atoms with E-state index in [-0.39, 0.29) is 0 Å². The Bertz CT molecular complexity index is 187. The highest BCUT2D eigenvalue weighted by Crippen LogP contribution is 2.46. The van der Waals surface area contributed by atoms with Crippen LogP contribution in [0.2, 0.25) is 0 Å². The first-order valence-corrected chi connectivity index (χ1v) is 6.20. The molecule has 1 spiro atoms. The van der Waals surface area contributed by atoms with Crippen LogP contribution >= 0.6 is 0 Å². The average molecular weight is 197 g/mol. The highest BCUT2D eigenvalue weighted by atomic mass is 16.5. The molecular weight excluding hydrogens is 174 g/mol. The summed E-state index contributed by atoms with van der Waals surface area (Å²) < 4.78 is 0. The first kappa shape index (κ1) is 10.4. The van der Waals surface area contributed by atoms with Crippen LogP contribution in [0.15, 0.2) is 0 Å². The third-order valence-corrected chi connectivity index (χ3v) is 4.49. The van der Waals surface area contributed by atoms with Gasteiger partial charge in [0.1, 0.15) is 0 Å². The van der Waals surface area contributed by atoms with E-state index < -0.39 is 0 Å². The topological polar surface area (TPSA) is 23.5 Å². The van der Waals surface area contributed by atoms with Gasteiger partial charge in [0.25, 0.3) is 0 Å². The zero-order valence-electron chi connectivity index (χ0n) is 9.34. The van der Waals surface area contributed by atoms with Crippen LogP contribution in [-0.4, -0.2) is 22.9 Å². The van der Waals surface area contributed by atoms with E-state index in [0.717, 1.165) is 6.54 Å². The molecule has 1 saturated heterocycles. The normalized spacial score (nSPS) is 34.3. The number of nitrogens with zero attached hydrogens (tertiary/aromatic N) is 1. The number of hydroxylamine groups is 2. The van der Waals surface area contributed by atoms with Gasteiger partial charge in [0.05, 0.1) is 0 Å². The summed E-state index contributed by atoms with van der Waals surface area (Å²) in [4.78, 5) is 0. The summed E-state index contributed by atoms with van der Waals surface area (Å²) in [5.41, 5.74) is 0.448. The first-order chi connectivity index (χ1) is 6.75. The molecule has 2 aliphatic rings. The van der Waals surface area contributed by atoms with Crippen molar-refractivity contribution in [3.8, 4) is 0 Å². The Morgan fingerprint density at radius 2 is 1.57 bits per heavy atom. The molecule has 1 unspecified atom stereocenters. The molecule has 2 fully saturated rings. The van der Waals surface area contributed by atoms with Crippen molar-refractivity contribution < 1.29 is 5.21 Å². The van der Waals surface area contributed by atoms with Crippen LogP contribution in [0.25, 0.3) is 0 Å². The van der Waals surface area contributed by atoms with Crippen LogP contribution in [0.4, 0.5) is 0 Å². The van der Waals surface area contributed by atoms with Gasteiger partial charge in [-0.1, -0.05) is 25.7 Å². The molecule has 2 rings (SSSR count). The van der Waals surface area contributed by atoms with Crippen LogP contribution in [0.5, 0.6) is 0 Å². The van der Waals surface area contributed by atoms with Crippen molar-refractivity contribution in [2.45, 2.75) is 64.3 Å². The predicted molar refractivity (Wildman–Crippen MR) is 57.3 cm³/mol. The standard InChI is InChI=1S/C12H23NO/c1-11-12(7-3-2-4-8-12)9-5-6-10-13(11)14/h11,14H,2-10H2,1H3. The van der Waals surface area contributed by atoms with Gasteiger partial charge in [-0.05, 0) is 38.0 Å². The molecule has 0 radical (unpaired) electrons. The molecule has 1 heterocycles. The SMILES string of the molecule is CC1N(O)CCCCC12CCCCC2. The van der Waals surface area contributed by atoms with Crippen molar-refractivity contribution in [3.63, 3.8) is 0 Å². The van der Waals surface area contributed by atoms with Gasteiger partial charge in [0.2, 0.25) is 0 Å². The zero-order chi connectivity index (χ0) is 10.0. The molecule has 0 aromatic heterocycles. The Morgan fingerprint density at radius 1 is 1.00 bits per heavy atom. The van der Waals surface area contributed by atoms with E-state index in [2.05, 4.69) is 6.92 Å². The molecule has 14 heavy (non-hydrogen) atoms. The molecule has 2 nitrogen and oxygen atoms in total. The molecule has 2 heteroatoms. The van der Waals surface area contributed by atoms with E-state index in [1.165, 1.54) is 51.4 Å². The molecule has 1 aliphatic carbocycles. The molecule has 0 aromatic carbocycles. The van der Waals surface area contributed by atoms with Gasteiger partial charge in [0, 0.05) is 12.6 Å². The zero-order valence-corrected chi connectivity index (χ0v) is 9.34. The van der Waals surface area contributed by atoms with Crippen molar-refractivity contribution in [1.29, 1.82) is 0 Å². The summed E-state index contributed by atoms with van der Waals surface area (Å²) in [6.07, 6.45) is 10.6. The highest BCUT2D eigenvalue weighted by Gasteiger charge is 2.40. The van der Waals surface area contributed by atoms with E-state index in [1.807, 2.05) is 0 Å². The fraction of sp³-hybridized carbons (Fsp3) is 1.00. The van der Waals surface area contributed by atoms with Gasteiger partial charge in [-0.2, -0.15) is 5.06 Å². The number of rotatable bonds is 0. The highest BCUT2D eigenvalue weighted by molar-refractivity contribution is 4.92. The van der Waals surface area contributed by atoms with Gasteiger partial charge in [-0.3, -0.25) is 0 Å². The lowest BCUT2D eigenvalue weighted by molar-refractivity contribution is -0.155. The Hall–Kier alpha value is -0.0800. The van der Waals surface area contributed by atoms with E-state index in [0.29, 0.717) is 11.5 Å². The maximum Gasteiger partial charge on any atom is 0.0378 e. The van der Waals surface area contributed by atoms with Gasteiger partial charge in [-0.25, -0.2) is 0 Å². The maximum absolute atomic E-state index is 9.91. The fourth-order valence-electron chi connectivity index (χ4n) is 3.39. The number of hydrogen-bond acceptors (Lipinski definition) is 2. The van der Waals surface area contributed by atoms with Crippen LogP contribution < -0.4 is 0 Å². The van der Waals surface area contributed by atoms with E-state index in [9.17, 15) is 5.21 Å². The summed E-state index contributed by atoms with van der Waals surface area (Å²) in [5.74, 6) is 0. The summed E-state index contributed by atoms with van der Waals surface area (Å²) in [7, 11) is 0. The lowest BCUT2D eigenvalue weighted by atomic mass is 9.67. The largest absolute Gasteiger partial charge is 0.314 e. The maximum atomic E-state index is 9.91. The van der Waals surface area contributed by atoms with Gasteiger partial charge < -0.3 is 5.21 Å². The van der Waals surface area contributed by atoms with Crippen LogP contribution in [0, 0.1) is 5.41 Å². The molecule has 0 aromatic rings. The monoisotopic (exact) mass is 197 g/mol. The second kappa shape index (κ2) is 4.19. The lowest BCUT2D eigenvalue weighted by Gasteiger charge is -2.43. The molecule has 82 valence electrons. The molecule has 0 amide bonds. The third-order valence-electron chi connectivity index (χ3n) is 4.49. The lowest BCUT2D eigenvalue weighted by Crippen LogP contribution is -2.44. The minimum absolute atomic E-state index is 0.380. The predicted octanol–water partition coefficient (Wildman–Crippen LogP) is 3.20. The summed E-state index contributed by atoms with van der Waals surface area (Å²) in [6.45, 7) is 3.10. The first-order valence-electron chi connectivity index (χ1n) is 6.20. The van der Waals surface area contributed by atoms with Crippen molar-refractivity contribution in [3.05, 3.63) is 0 Å². The second-order valence-corrected chi connectivity index (χ2v) is 5.22. The third kappa shape index (κ3) is 1.82. The smallest absolute Gasteiger partial charge is 0.0378 e. The van der Waals surface area contributed by atoms with Crippen LogP contribution in [0.1, 0.15) is 58.3 Å². The quantitative estimate of drug-likeness (QED) is 0.644. The molecule has 1 saturated carbocycles. The Balaban J connectivity index is 2.12. The van der Waals surface area contributed by atoms with E-state index in [1.54, 1.807) is 5.06 Å². The van der Waals surface area contributed by atoms with Gasteiger partial charge >= 0.3 is 0 Å². The molecule has 0 bridgehead atoms. The summed E-state index contributed by atoms with van der Waals surface area (Å²) in [6, 6.07) is 0.380. The summed E-state index contributed by atoms with van der Waals surface area (Å²) >= 11 is 0. The van der Waals surface area contributed by atoms with Crippen molar-refractivity contribution in [2.24, 2.45) is 5.41 Å². The second-order valence-electron chi connectivity index (χ2n) is 5.22.